The molecule has 1 aromatic rings. The zero-order chi connectivity index (χ0) is 9.97. The molecule has 0 aromatic heterocycles. The molecule has 72 valence electrons. The summed E-state index contributed by atoms with van der Waals surface area (Å²) in [5.41, 5.74) is 0.944. The van der Waals surface area contributed by atoms with Gasteiger partial charge in [-0.3, -0.25) is 0 Å². The van der Waals surface area contributed by atoms with Crippen LogP contribution in [0.4, 0.5) is 4.39 Å². The average Bonchev–Trinajstić information content (AvgIpc) is 2.56. The van der Waals surface area contributed by atoms with Gasteiger partial charge in [0.05, 0.1) is 0 Å². The lowest BCUT2D eigenvalue weighted by Gasteiger charge is -2.05. The van der Waals surface area contributed by atoms with E-state index in [0.717, 1.165) is 5.56 Å². The van der Waals surface area contributed by atoms with Gasteiger partial charge in [-0.2, -0.15) is 0 Å². The summed E-state index contributed by atoms with van der Waals surface area (Å²) in [6, 6.07) is 6.19. The van der Waals surface area contributed by atoms with Crippen molar-refractivity contribution in [2.45, 2.75) is 12.6 Å². The van der Waals surface area contributed by atoms with Gasteiger partial charge in [0.1, 0.15) is 5.82 Å². The fourth-order valence-corrected chi connectivity index (χ4v) is 1.34. The molecule has 0 bridgehead atoms. The van der Waals surface area contributed by atoms with Crippen molar-refractivity contribution in [2.75, 3.05) is 0 Å². The second-order valence-electron chi connectivity index (χ2n) is 2.88. The van der Waals surface area contributed by atoms with Crippen LogP contribution in [-0.4, -0.2) is 11.4 Å². The molecule has 0 saturated heterocycles. The number of rotatable bonds is 2. The molecule has 1 aliphatic heterocycles. The Hall–Kier alpha value is -1.36. The molecular weight excluding hydrogens is 203 g/mol. The molecule has 0 spiro atoms. The maximum atomic E-state index is 12.6. The molecular formula is C9H7FN2OS. The molecule has 0 amide bonds. The number of benzene rings is 1. The summed E-state index contributed by atoms with van der Waals surface area (Å²) in [5.74, 6) is -0.252. The van der Waals surface area contributed by atoms with Crippen molar-refractivity contribution in [1.82, 2.24) is 0 Å². The number of halogens is 1. The highest BCUT2D eigenvalue weighted by Crippen LogP contribution is 2.14. The molecule has 1 unspecified atom stereocenters. The van der Waals surface area contributed by atoms with E-state index < -0.39 is 0 Å². The monoisotopic (exact) mass is 210 g/mol. The zero-order valence-electron chi connectivity index (χ0n) is 7.18. The van der Waals surface area contributed by atoms with Gasteiger partial charge in [0, 0.05) is 6.42 Å². The molecule has 1 aromatic carbocycles. The second-order valence-corrected chi connectivity index (χ2v) is 3.23. The van der Waals surface area contributed by atoms with Crippen molar-refractivity contribution < 1.29 is 9.13 Å². The lowest BCUT2D eigenvalue weighted by molar-refractivity contribution is 0.222. The van der Waals surface area contributed by atoms with Crippen molar-refractivity contribution in [3.05, 3.63) is 35.6 Å². The highest BCUT2D eigenvalue weighted by Gasteiger charge is 2.17. The molecule has 2 rings (SSSR count). The van der Waals surface area contributed by atoms with Crippen molar-refractivity contribution in [3.63, 3.8) is 0 Å². The molecule has 1 heterocycles. The third-order valence-electron chi connectivity index (χ3n) is 1.83. The van der Waals surface area contributed by atoms with Crippen LogP contribution in [0.2, 0.25) is 0 Å². The Morgan fingerprint density at radius 1 is 1.36 bits per heavy atom. The predicted octanol–water partition coefficient (Wildman–Crippen LogP) is 2.46. The van der Waals surface area contributed by atoms with Crippen molar-refractivity contribution in [3.8, 4) is 0 Å². The van der Waals surface area contributed by atoms with Gasteiger partial charge in [0.25, 0.3) is 0 Å². The third kappa shape index (κ3) is 2.11. The minimum atomic E-state index is -0.354. The van der Waals surface area contributed by atoms with Crippen LogP contribution in [0.1, 0.15) is 5.56 Å². The number of thiocarbonyl (C=S) groups is 1. The first-order valence-corrected chi connectivity index (χ1v) is 4.51. The van der Waals surface area contributed by atoms with E-state index >= 15 is 0 Å². The predicted molar refractivity (Wildman–Crippen MR) is 52.4 cm³/mol. The molecule has 14 heavy (non-hydrogen) atoms. The fraction of sp³-hybridized carbons (Fsp3) is 0.222. The van der Waals surface area contributed by atoms with E-state index in [9.17, 15) is 4.39 Å². The van der Waals surface area contributed by atoms with Crippen LogP contribution < -0.4 is 0 Å². The standard InChI is InChI=1S/C9H7FN2OS/c10-7-3-1-6(2-4-7)5-8-11-12-9(14)13-8/h1-4,8H,5H2. The molecule has 0 radical (unpaired) electrons. The molecule has 0 saturated carbocycles. The lowest BCUT2D eigenvalue weighted by atomic mass is 10.1. The maximum Gasteiger partial charge on any atom is 0.304 e. The van der Waals surface area contributed by atoms with E-state index in [0.29, 0.717) is 6.42 Å². The van der Waals surface area contributed by atoms with Gasteiger partial charge >= 0.3 is 5.17 Å². The smallest absolute Gasteiger partial charge is 0.304 e. The highest BCUT2D eigenvalue weighted by atomic mass is 32.1. The number of nitrogens with zero attached hydrogens (tertiary/aromatic N) is 2. The maximum absolute atomic E-state index is 12.6. The summed E-state index contributed by atoms with van der Waals surface area (Å²) in [5, 5.41) is 7.56. The van der Waals surface area contributed by atoms with Crippen LogP contribution in [0, 0.1) is 5.82 Å². The molecule has 5 heteroatoms. The van der Waals surface area contributed by atoms with Crippen molar-refractivity contribution in [1.29, 1.82) is 0 Å². The first-order chi connectivity index (χ1) is 6.74. The SMILES string of the molecule is Fc1ccc(CC2N=NC(=S)O2)cc1. The highest BCUT2D eigenvalue weighted by molar-refractivity contribution is 7.80. The summed E-state index contributed by atoms with van der Waals surface area (Å²) in [7, 11) is 0. The van der Waals surface area contributed by atoms with Crippen molar-refractivity contribution >= 4 is 17.4 Å². The van der Waals surface area contributed by atoms with Crippen LogP contribution in [0.25, 0.3) is 0 Å². The zero-order valence-corrected chi connectivity index (χ0v) is 8.00. The number of hydrogen-bond donors (Lipinski definition) is 0. The summed E-state index contributed by atoms with van der Waals surface area (Å²) >= 11 is 4.69. The summed E-state index contributed by atoms with van der Waals surface area (Å²) in [6.07, 6.45) is 0.206. The average molecular weight is 210 g/mol. The van der Waals surface area contributed by atoms with Crippen molar-refractivity contribution in [2.24, 2.45) is 10.2 Å². The fourth-order valence-electron chi connectivity index (χ4n) is 1.18. The largest absolute Gasteiger partial charge is 0.440 e. The Balaban J connectivity index is 2.01. The number of azo groups is 1. The van der Waals surface area contributed by atoms with E-state index in [4.69, 9.17) is 17.0 Å². The summed E-state index contributed by atoms with van der Waals surface area (Å²) in [6.45, 7) is 0. The van der Waals surface area contributed by atoms with Crippen LogP contribution in [0.15, 0.2) is 34.5 Å². The molecule has 0 fully saturated rings. The third-order valence-corrected chi connectivity index (χ3v) is 2.01. The Labute approximate surface area is 85.6 Å². The first-order valence-electron chi connectivity index (χ1n) is 4.10. The van der Waals surface area contributed by atoms with Gasteiger partial charge in [-0.05, 0) is 29.9 Å². The van der Waals surface area contributed by atoms with E-state index in [1.807, 2.05) is 0 Å². The van der Waals surface area contributed by atoms with E-state index in [2.05, 4.69) is 10.2 Å². The topological polar surface area (TPSA) is 34.0 Å². The van der Waals surface area contributed by atoms with Gasteiger partial charge in [-0.1, -0.05) is 12.1 Å². The van der Waals surface area contributed by atoms with E-state index in [-0.39, 0.29) is 17.2 Å². The molecule has 3 nitrogen and oxygen atoms in total. The van der Waals surface area contributed by atoms with E-state index in [1.165, 1.54) is 12.1 Å². The first kappa shape index (κ1) is 9.21. The van der Waals surface area contributed by atoms with Crippen LogP contribution in [-0.2, 0) is 11.2 Å². The van der Waals surface area contributed by atoms with E-state index in [1.54, 1.807) is 12.1 Å². The number of ether oxygens (including phenoxy) is 1. The minimum Gasteiger partial charge on any atom is -0.440 e. The summed E-state index contributed by atoms with van der Waals surface area (Å²) < 4.78 is 17.7. The Bertz CT molecular complexity index is 377. The lowest BCUT2D eigenvalue weighted by Crippen LogP contribution is -2.09. The van der Waals surface area contributed by atoms with Gasteiger partial charge in [0.15, 0.2) is 0 Å². The molecule has 0 aliphatic carbocycles. The second kappa shape index (κ2) is 3.79. The normalized spacial score (nSPS) is 19.8. The van der Waals surface area contributed by atoms with Crippen LogP contribution >= 0.6 is 12.2 Å². The number of hydrogen-bond acceptors (Lipinski definition) is 3. The van der Waals surface area contributed by atoms with Gasteiger partial charge in [0.2, 0.25) is 6.23 Å². The van der Waals surface area contributed by atoms with Crippen LogP contribution in [0.3, 0.4) is 0 Å². The Morgan fingerprint density at radius 2 is 2.07 bits per heavy atom. The van der Waals surface area contributed by atoms with Gasteiger partial charge in [-0.25, -0.2) is 4.39 Å². The molecule has 1 atom stereocenters. The van der Waals surface area contributed by atoms with Gasteiger partial charge < -0.3 is 4.74 Å². The molecule has 1 aliphatic rings. The Morgan fingerprint density at radius 3 is 2.64 bits per heavy atom. The molecule has 0 N–H and O–H groups in total. The summed E-state index contributed by atoms with van der Waals surface area (Å²) in [4.78, 5) is 0. The minimum absolute atomic E-state index is 0.164. The quantitative estimate of drug-likeness (QED) is 0.702. The van der Waals surface area contributed by atoms with Gasteiger partial charge in [-0.15, -0.1) is 10.2 Å². The van der Waals surface area contributed by atoms with Crippen LogP contribution in [0.5, 0.6) is 0 Å². The Kier molecular flexibility index (Phi) is 2.49.